The third-order valence-electron chi connectivity index (χ3n) is 4.79. The van der Waals surface area contributed by atoms with Crippen molar-refractivity contribution in [1.29, 1.82) is 0 Å². The van der Waals surface area contributed by atoms with Crippen LogP contribution >= 0.6 is 0 Å². The highest BCUT2D eigenvalue weighted by atomic mass is 16.3. The van der Waals surface area contributed by atoms with Crippen LogP contribution in [0, 0.1) is 0 Å². The molecule has 0 saturated carbocycles. The number of aliphatic hydroxyl groups excluding tert-OH is 1. The molecule has 5 nitrogen and oxygen atoms in total. The lowest BCUT2D eigenvalue weighted by atomic mass is 9.99. The Bertz CT molecular complexity index is 857. The number of carbonyl (C=O) groups excluding carboxylic acids is 1. The minimum Gasteiger partial charge on any atom is -0.387 e. The Labute approximate surface area is 172 Å². The Kier molecular flexibility index (Phi) is 6.87. The van der Waals surface area contributed by atoms with Crippen molar-refractivity contribution in [2.45, 2.75) is 12.1 Å². The molecular formula is C24H27N3O2. The molecule has 0 radical (unpaired) electrons. The number of hydrogen-bond acceptors (Lipinski definition) is 3. The summed E-state index contributed by atoms with van der Waals surface area (Å²) in [6, 6.07) is 26.7. The van der Waals surface area contributed by atoms with Crippen molar-refractivity contribution in [1.82, 2.24) is 10.6 Å². The summed E-state index contributed by atoms with van der Waals surface area (Å²) in [4.78, 5) is 14.5. The lowest BCUT2D eigenvalue weighted by molar-refractivity contribution is 0.173. The van der Waals surface area contributed by atoms with Crippen LogP contribution in [0.15, 0.2) is 84.9 Å². The number of aliphatic hydroxyl groups is 1. The number of nitrogens with one attached hydrogen (secondary N) is 2. The molecule has 0 bridgehead atoms. The van der Waals surface area contributed by atoms with Crippen LogP contribution in [0.1, 0.15) is 28.8 Å². The number of rotatable bonds is 7. The zero-order valence-corrected chi connectivity index (χ0v) is 16.7. The van der Waals surface area contributed by atoms with Crippen LogP contribution in [0.3, 0.4) is 0 Å². The molecule has 1 atom stereocenters. The summed E-state index contributed by atoms with van der Waals surface area (Å²) in [5.41, 5.74) is 3.81. The van der Waals surface area contributed by atoms with Crippen LogP contribution in [0.25, 0.3) is 0 Å². The van der Waals surface area contributed by atoms with Crippen molar-refractivity contribution in [3.8, 4) is 0 Å². The van der Waals surface area contributed by atoms with E-state index < -0.39 is 6.10 Å². The fourth-order valence-electron chi connectivity index (χ4n) is 3.13. The molecule has 0 aliphatic heterocycles. The van der Waals surface area contributed by atoms with Gasteiger partial charge in [0.1, 0.15) is 0 Å². The second-order valence-corrected chi connectivity index (χ2v) is 7.11. The van der Waals surface area contributed by atoms with Crippen LogP contribution < -0.4 is 15.5 Å². The van der Waals surface area contributed by atoms with Crippen molar-refractivity contribution in [3.05, 3.63) is 102 Å². The van der Waals surface area contributed by atoms with E-state index in [1.807, 2.05) is 104 Å². The molecule has 150 valence electrons. The van der Waals surface area contributed by atoms with Gasteiger partial charge in [-0.3, -0.25) is 0 Å². The number of anilines is 1. The molecule has 3 rings (SSSR count). The van der Waals surface area contributed by atoms with E-state index >= 15 is 0 Å². The van der Waals surface area contributed by atoms with Gasteiger partial charge >= 0.3 is 6.03 Å². The first-order chi connectivity index (χ1) is 14.0. The van der Waals surface area contributed by atoms with Crippen LogP contribution in [0.4, 0.5) is 10.5 Å². The smallest absolute Gasteiger partial charge is 0.315 e. The average Bonchev–Trinajstić information content (AvgIpc) is 2.77. The predicted molar refractivity (Wildman–Crippen MR) is 117 cm³/mol. The van der Waals surface area contributed by atoms with E-state index in [1.54, 1.807) is 0 Å². The molecule has 0 spiro atoms. The molecule has 0 fully saturated rings. The Morgan fingerprint density at radius 1 is 0.828 bits per heavy atom. The van der Waals surface area contributed by atoms with Crippen LogP contribution in [0.2, 0.25) is 0 Å². The van der Waals surface area contributed by atoms with Gasteiger partial charge in [-0.25, -0.2) is 4.79 Å². The third kappa shape index (κ3) is 5.59. The van der Waals surface area contributed by atoms with Gasteiger partial charge in [-0.1, -0.05) is 72.8 Å². The second kappa shape index (κ2) is 9.75. The molecule has 3 N–H and O–H groups in total. The first-order valence-electron chi connectivity index (χ1n) is 9.64. The van der Waals surface area contributed by atoms with Crippen LogP contribution in [-0.2, 0) is 0 Å². The normalized spacial score (nSPS) is 11.7. The maximum Gasteiger partial charge on any atom is 0.315 e. The minimum atomic E-state index is -0.774. The number of amides is 2. The molecule has 0 aliphatic rings. The molecule has 0 aliphatic carbocycles. The fraction of sp³-hybridized carbons (Fsp3) is 0.208. The molecule has 1 unspecified atom stereocenters. The number of benzene rings is 3. The van der Waals surface area contributed by atoms with Crippen molar-refractivity contribution >= 4 is 11.7 Å². The summed E-state index contributed by atoms with van der Waals surface area (Å²) in [6.45, 7) is 0.128. The fourth-order valence-corrected chi connectivity index (χ4v) is 3.13. The first-order valence-corrected chi connectivity index (χ1v) is 9.64. The van der Waals surface area contributed by atoms with Crippen molar-refractivity contribution < 1.29 is 9.90 Å². The van der Waals surface area contributed by atoms with E-state index in [-0.39, 0.29) is 18.6 Å². The maximum absolute atomic E-state index is 12.5. The minimum absolute atomic E-state index is 0.128. The van der Waals surface area contributed by atoms with Gasteiger partial charge < -0.3 is 20.6 Å². The number of nitrogens with zero attached hydrogens (tertiary/aromatic N) is 1. The van der Waals surface area contributed by atoms with Gasteiger partial charge in [0, 0.05) is 26.3 Å². The third-order valence-corrected chi connectivity index (χ3v) is 4.79. The standard InChI is InChI=1S/C24H27N3O2/c1-27(2)21-15-13-18(14-16-21)22(28)17-25-24(29)26-23(19-9-5-3-6-10-19)20-11-7-4-8-12-20/h3-16,22-23,28H,17H2,1-2H3,(H2,25,26,29). The number of urea groups is 1. The molecular weight excluding hydrogens is 362 g/mol. The Balaban J connectivity index is 1.63. The Morgan fingerprint density at radius 3 is 1.83 bits per heavy atom. The zero-order valence-electron chi connectivity index (χ0n) is 16.7. The number of hydrogen-bond donors (Lipinski definition) is 3. The molecule has 0 heterocycles. The summed E-state index contributed by atoms with van der Waals surface area (Å²) < 4.78 is 0. The second-order valence-electron chi connectivity index (χ2n) is 7.11. The SMILES string of the molecule is CN(C)c1ccc(C(O)CNC(=O)NC(c2ccccc2)c2ccccc2)cc1. The van der Waals surface area contributed by atoms with Gasteiger partial charge in [0.25, 0.3) is 0 Å². The highest BCUT2D eigenvalue weighted by Crippen LogP contribution is 2.22. The van der Waals surface area contributed by atoms with Gasteiger partial charge in [0.2, 0.25) is 0 Å². The number of carbonyl (C=O) groups is 1. The average molecular weight is 389 g/mol. The largest absolute Gasteiger partial charge is 0.387 e. The van der Waals surface area contributed by atoms with Crippen molar-refractivity contribution in [2.24, 2.45) is 0 Å². The van der Waals surface area contributed by atoms with E-state index in [1.165, 1.54) is 0 Å². The molecule has 2 amide bonds. The van der Waals surface area contributed by atoms with Gasteiger partial charge in [-0.2, -0.15) is 0 Å². The molecule has 29 heavy (non-hydrogen) atoms. The topological polar surface area (TPSA) is 64.6 Å². The van der Waals surface area contributed by atoms with Gasteiger partial charge in [-0.15, -0.1) is 0 Å². The quantitative estimate of drug-likeness (QED) is 0.575. The van der Waals surface area contributed by atoms with E-state index in [0.717, 1.165) is 22.4 Å². The summed E-state index contributed by atoms with van der Waals surface area (Å²) >= 11 is 0. The van der Waals surface area contributed by atoms with E-state index in [2.05, 4.69) is 10.6 Å². The molecule has 3 aromatic rings. The molecule has 0 saturated heterocycles. The molecule has 3 aromatic carbocycles. The van der Waals surface area contributed by atoms with E-state index in [0.29, 0.717) is 0 Å². The van der Waals surface area contributed by atoms with E-state index in [9.17, 15) is 9.90 Å². The van der Waals surface area contributed by atoms with Crippen molar-refractivity contribution in [3.63, 3.8) is 0 Å². The highest BCUT2D eigenvalue weighted by molar-refractivity contribution is 5.75. The summed E-state index contributed by atoms with van der Waals surface area (Å²) in [5.74, 6) is 0. The van der Waals surface area contributed by atoms with Crippen LogP contribution in [0.5, 0.6) is 0 Å². The Morgan fingerprint density at radius 2 is 1.34 bits per heavy atom. The molecule has 5 heteroatoms. The summed E-state index contributed by atoms with van der Waals surface area (Å²) in [6.07, 6.45) is -0.774. The lowest BCUT2D eigenvalue weighted by Gasteiger charge is -2.21. The monoisotopic (exact) mass is 389 g/mol. The van der Waals surface area contributed by atoms with Crippen molar-refractivity contribution in [2.75, 3.05) is 25.5 Å². The lowest BCUT2D eigenvalue weighted by Crippen LogP contribution is -2.40. The van der Waals surface area contributed by atoms with E-state index in [4.69, 9.17) is 0 Å². The zero-order chi connectivity index (χ0) is 20.6. The summed E-state index contributed by atoms with van der Waals surface area (Å²) in [5, 5.41) is 16.2. The van der Waals surface area contributed by atoms with Crippen LogP contribution in [-0.4, -0.2) is 31.8 Å². The maximum atomic E-state index is 12.5. The highest BCUT2D eigenvalue weighted by Gasteiger charge is 2.17. The summed E-state index contributed by atoms with van der Waals surface area (Å²) in [7, 11) is 3.93. The first kappa shape index (κ1) is 20.4. The van der Waals surface area contributed by atoms with Gasteiger partial charge in [-0.05, 0) is 28.8 Å². The van der Waals surface area contributed by atoms with Gasteiger partial charge in [0.15, 0.2) is 0 Å². The Hall–Kier alpha value is -3.31. The predicted octanol–water partition coefficient (Wildman–Crippen LogP) is 3.87. The van der Waals surface area contributed by atoms with Gasteiger partial charge in [0.05, 0.1) is 12.1 Å². The molecule has 0 aromatic heterocycles.